The highest BCUT2D eigenvalue weighted by molar-refractivity contribution is 5.88. The van der Waals surface area contributed by atoms with Crippen LogP contribution in [-0.4, -0.2) is 35.9 Å². The maximum atomic E-state index is 13.6. The molecule has 0 bridgehead atoms. The molecule has 0 saturated carbocycles. The van der Waals surface area contributed by atoms with E-state index in [0.29, 0.717) is 25.3 Å². The summed E-state index contributed by atoms with van der Waals surface area (Å²) >= 11 is 0. The molecule has 3 aromatic carbocycles. The van der Waals surface area contributed by atoms with E-state index < -0.39 is 6.04 Å². The van der Waals surface area contributed by atoms with Crippen molar-refractivity contribution < 1.29 is 14.3 Å². The Labute approximate surface area is 209 Å². The van der Waals surface area contributed by atoms with Crippen LogP contribution in [0.3, 0.4) is 0 Å². The van der Waals surface area contributed by atoms with Crippen molar-refractivity contribution in [3.8, 4) is 5.75 Å². The van der Waals surface area contributed by atoms with E-state index >= 15 is 0 Å². The van der Waals surface area contributed by atoms with Gasteiger partial charge in [-0.25, -0.2) is 0 Å². The predicted octanol–water partition coefficient (Wildman–Crippen LogP) is 5.16. The van der Waals surface area contributed by atoms with Gasteiger partial charge in [0.05, 0.1) is 0 Å². The fraction of sp³-hybridized carbons (Fsp3) is 0.333. The van der Waals surface area contributed by atoms with E-state index in [2.05, 4.69) is 11.4 Å². The standard InChI is InChI=1S/C30H36N2O3/c1-5-17-31-30(34)27(19-25-13-7-6-8-14-25)32(20-26-15-9-11-22(2)18-26)29(33)21-35-28-16-10-12-23(3)24(28)4/h6-16,18,27H,5,17,19-21H2,1-4H3,(H,31,34). The lowest BCUT2D eigenvalue weighted by Crippen LogP contribution is -2.51. The van der Waals surface area contributed by atoms with E-state index in [1.54, 1.807) is 4.90 Å². The lowest BCUT2D eigenvalue weighted by molar-refractivity contribution is -0.142. The number of nitrogens with zero attached hydrogens (tertiary/aromatic N) is 1. The highest BCUT2D eigenvalue weighted by atomic mass is 16.5. The molecule has 2 amide bonds. The molecular weight excluding hydrogens is 436 g/mol. The summed E-state index contributed by atoms with van der Waals surface area (Å²) in [6.07, 6.45) is 1.25. The number of rotatable bonds is 11. The average molecular weight is 473 g/mol. The minimum absolute atomic E-state index is 0.136. The molecular formula is C30H36N2O3. The van der Waals surface area contributed by atoms with Crippen molar-refractivity contribution in [3.05, 3.63) is 101 Å². The number of hydrogen-bond donors (Lipinski definition) is 1. The number of hydrogen-bond acceptors (Lipinski definition) is 3. The average Bonchev–Trinajstić information content (AvgIpc) is 2.86. The van der Waals surface area contributed by atoms with E-state index in [9.17, 15) is 9.59 Å². The molecule has 0 fully saturated rings. The van der Waals surface area contributed by atoms with Gasteiger partial charge in [0.2, 0.25) is 5.91 Å². The first-order chi connectivity index (χ1) is 16.9. The number of aryl methyl sites for hydroxylation is 2. The predicted molar refractivity (Wildman–Crippen MR) is 140 cm³/mol. The first-order valence-corrected chi connectivity index (χ1v) is 12.2. The number of carbonyl (C=O) groups excluding carboxylic acids is 2. The summed E-state index contributed by atoms with van der Waals surface area (Å²) in [5.41, 5.74) is 5.20. The molecule has 3 rings (SSSR count). The van der Waals surface area contributed by atoms with Crippen molar-refractivity contribution in [1.29, 1.82) is 0 Å². The first kappa shape index (κ1) is 26.0. The highest BCUT2D eigenvalue weighted by Crippen LogP contribution is 2.21. The van der Waals surface area contributed by atoms with Gasteiger partial charge in [-0.05, 0) is 55.5 Å². The summed E-state index contributed by atoms with van der Waals surface area (Å²) in [6, 6.07) is 23.0. The van der Waals surface area contributed by atoms with Crippen LogP contribution >= 0.6 is 0 Å². The molecule has 5 nitrogen and oxygen atoms in total. The molecule has 0 aliphatic carbocycles. The van der Waals surface area contributed by atoms with Crippen molar-refractivity contribution in [1.82, 2.24) is 10.2 Å². The molecule has 0 aromatic heterocycles. The van der Waals surface area contributed by atoms with Crippen LogP contribution in [0.5, 0.6) is 5.75 Å². The largest absolute Gasteiger partial charge is 0.483 e. The summed E-state index contributed by atoms with van der Waals surface area (Å²) in [7, 11) is 0. The van der Waals surface area contributed by atoms with Gasteiger partial charge in [0.15, 0.2) is 6.61 Å². The van der Waals surface area contributed by atoms with Gasteiger partial charge in [0, 0.05) is 19.5 Å². The summed E-state index contributed by atoms with van der Waals surface area (Å²) in [4.78, 5) is 28.6. The van der Waals surface area contributed by atoms with Crippen LogP contribution in [0.1, 0.15) is 41.2 Å². The number of carbonyl (C=O) groups is 2. The number of ether oxygens (including phenoxy) is 1. The second-order valence-corrected chi connectivity index (χ2v) is 8.99. The molecule has 0 heterocycles. The lowest BCUT2D eigenvalue weighted by atomic mass is 10.0. The Kier molecular flexibility index (Phi) is 9.47. The Balaban J connectivity index is 1.91. The van der Waals surface area contributed by atoms with Crippen LogP contribution in [0.15, 0.2) is 72.8 Å². The topological polar surface area (TPSA) is 58.6 Å². The maximum absolute atomic E-state index is 13.6. The van der Waals surface area contributed by atoms with Crippen LogP contribution in [0.4, 0.5) is 0 Å². The third-order valence-electron chi connectivity index (χ3n) is 6.16. The molecule has 5 heteroatoms. The van der Waals surface area contributed by atoms with E-state index in [0.717, 1.165) is 34.2 Å². The van der Waals surface area contributed by atoms with Gasteiger partial charge in [-0.2, -0.15) is 0 Å². The molecule has 1 N–H and O–H groups in total. The number of benzene rings is 3. The van der Waals surface area contributed by atoms with Crippen LogP contribution < -0.4 is 10.1 Å². The Morgan fingerprint density at radius 3 is 2.34 bits per heavy atom. The first-order valence-electron chi connectivity index (χ1n) is 12.2. The Hall–Kier alpha value is -3.60. The zero-order chi connectivity index (χ0) is 25.2. The SMILES string of the molecule is CCCNC(=O)C(Cc1ccccc1)N(Cc1cccc(C)c1)C(=O)COc1cccc(C)c1C. The normalized spacial score (nSPS) is 11.5. The van der Waals surface area contributed by atoms with Crippen LogP contribution in [-0.2, 0) is 22.6 Å². The molecule has 1 atom stereocenters. The maximum Gasteiger partial charge on any atom is 0.261 e. The molecule has 0 aliphatic rings. The van der Waals surface area contributed by atoms with E-state index in [-0.39, 0.29) is 18.4 Å². The van der Waals surface area contributed by atoms with Crippen LogP contribution in [0, 0.1) is 20.8 Å². The third kappa shape index (κ3) is 7.44. The highest BCUT2D eigenvalue weighted by Gasteiger charge is 2.30. The lowest BCUT2D eigenvalue weighted by Gasteiger charge is -2.31. The fourth-order valence-corrected chi connectivity index (χ4v) is 4.03. The second kappa shape index (κ2) is 12.7. The van der Waals surface area contributed by atoms with Gasteiger partial charge < -0.3 is 15.0 Å². The fourth-order valence-electron chi connectivity index (χ4n) is 4.03. The van der Waals surface area contributed by atoms with Crippen molar-refractivity contribution >= 4 is 11.8 Å². The number of amides is 2. The molecule has 0 spiro atoms. The quantitative estimate of drug-likeness (QED) is 0.420. The Morgan fingerprint density at radius 1 is 0.914 bits per heavy atom. The Morgan fingerprint density at radius 2 is 1.63 bits per heavy atom. The molecule has 35 heavy (non-hydrogen) atoms. The molecule has 0 aliphatic heterocycles. The van der Waals surface area contributed by atoms with Crippen molar-refractivity contribution in [2.45, 2.75) is 53.1 Å². The van der Waals surface area contributed by atoms with Gasteiger partial charge in [0.1, 0.15) is 11.8 Å². The number of nitrogens with one attached hydrogen (secondary N) is 1. The van der Waals surface area contributed by atoms with E-state index in [1.807, 2.05) is 94.4 Å². The van der Waals surface area contributed by atoms with E-state index in [4.69, 9.17) is 4.74 Å². The third-order valence-corrected chi connectivity index (χ3v) is 6.16. The van der Waals surface area contributed by atoms with Crippen LogP contribution in [0.2, 0.25) is 0 Å². The van der Waals surface area contributed by atoms with E-state index in [1.165, 1.54) is 0 Å². The van der Waals surface area contributed by atoms with Gasteiger partial charge in [0.25, 0.3) is 5.91 Å². The molecule has 1 unspecified atom stereocenters. The Bertz CT molecular complexity index is 1130. The minimum Gasteiger partial charge on any atom is -0.483 e. The van der Waals surface area contributed by atoms with Crippen molar-refractivity contribution in [2.24, 2.45) is 0 Å². The molecule has 184 valence electrons. The summed E-state index contributed by atoms with van der Waals surface area (Å²) in [5.74, 6) is 0.312. The molecule has 0 saturated heterocycles. The zero-order valence-electron chi connectivity index (χ0n) is 21.2. The van der Waals surface area contributed by atoms with Crippen LogP contribution in [0.25, 0.3) is 0 Å². The molecule has 3 aromatic rings. The van der Waals surface area contributed by atoms with Gasteiger partial charge in [-0.15, -0.1) is 0 Å². The summed E-state index contributed by atoms with van der Waals surface area (Å²) in [5, 5.41) is 3.00. The second-order valence-electron chi connectivity index (χ2n) is 8.99. The van der Waals surface area contributed by atoms with Gasteiger partial charge in [-0.3, -0.25) is 9.59 Å². The van der Waals surface area contributed by atoms with Gasteiger partial charge in [-0.1, -0.05) is 79.2 Å². The van der Waals surface area contributed by atoms with Crippen molar-refractivity contribution in [3.63, 3.8) is 0 Å². The van der Waals surface area contributed by atoms with Crippen molar-refractivity contribution in [2.75, 3.05) is 13.2 Å². The smallest absolute Gasteiger partial charge is 0.261 e. The molecule has 0 radical (unpaired) electrons. The minimum atomic E-state index is -0.654. The monoisotopic (exact) mass is 472 g/mol. The zero-order valence-corrected chi connectivity index (χ0v) is 21.2. The summed E-state index contributed by atoms with van der Waals surface area (Å²) in [6.45, 7) is 8.79. The van der Waals surface area contributed by atoms with Gasteiger partial charge >= 0.3 is 0 Å². The summed E-state index contributed by atoms with van der Waals surface area (Å²) < 4.78 is 5.96.